The molecule has 2 rings (SSSR count). The lowest BCUT2D eigenvalue weighted by molar-refractivity contribution is -0.137. The van der Waals surface area contributed by atoms with E-state index in [0.29, 0.717) is 43.5 Å². The Bertz CT molecular complexity index is 467. The monoisotopic (exact) mass is 310 g/mol. The second-order valence-corrected chi connectivity index (χ2v) is 6.52. The minimum absolute atomic E-state index is 0.00286. The van der Waals surface area contributed by atoms with Gasteiger partial charge in [0.1, 0.15) is 6.04 Å². The number of morpholine rings is 1. The molecule has 0 saturated carbocycles. The van der Waals surface area contributed by atoms with Crippen LogP contribution in [0.3, 0.4) is 0 Å². The van der Waals surface area contributed by atoms with E-state index in [1.807, 2.05) is 11.4 Å². The van der Waals surface area contributed by atoms with Crippen molar-refractivity contribution in [2.75, 3.05) is 26.3 Å². The van der Waals surface area contributed by atoms with Gasteiger partial charge in [0.25, 0.3) is 5.91 Å². The van der Waals surface area contributed by atoms with E-state index < -0.39 is 6.04 Å². The molecule has 1 aromatic rings. The quantitative estimate of drug-likeness (QED) is 0.901. The highest BCUT2D eigenvalue weighted by Gasteiger charge is 2.28. The molecule has 0 bridgehead atoms. The normalized spacial score (nSPS) is 16.8. The third-order valence-corrected chi connectivity index (χ3v) is 4.25. The summed E-state index contributed by atoms with van der Waals surface area (Å²) < 4.78 is 5.27. The Morgan fingerprint density at radius 2 is 2.10 bits per heavy atom. The van der Waals surface area contributed by atoms with Gasteiger partial charge in [-0.15, -0.1) is 11.3 Å². The van der Waals surface area contributed by atoms with Crippen LogP contribution in [0.2, 0.25) is 0 Å². The molecule has 116 valence electrons. The van der Waals surface area contributed by atoms with E-state index in [0.717, 1.165) is 0 Å². The van der Waals surface area contributed by atoms with Crippen molar-refractivity contribution < 1.29 is 14.3 Å². The molecule has 1 saturated heterocycles. The predicted molar refractivity (Wildman–Crippen MR) is 82.4 cm³/mol. The minimum atomic E-state index is -0.460. The Morgan fingerprint density at radius 3 is 2.67 bits per heavy atom. The zero-order valence-corrected chi connectivity index (χ0v) is 13.3. The van der Waals surface area contributed by atoms with E-state index in [-0.39, 0.29) is 11.8 Å². The first-order valence-corrected chi connectivity index (χ1v) is 8.17. The van der Waals surface area contributed by atoms with Crippen LogP contribution >= 0.6 is 11.3 Å². The van der Waals surface area contributed by atoms with E-state index >= 15 is 0 Å². The Labute approximate surface area is 129 Å². The standard InChI is InChI=1S/C15H22N2O3S/c1-11(2)10-12(15(19)17-5-7-20-8-6-17)16-14(18)13-4-3-9-21-13/h3-4,9,11-12H,5-8,10H2,1-2H3,(H,16,18)/t12-/m0/s1. The van der Waals surface area contributed by atoms with Gasteiger partial charge in [0.2, 0.25) is 5.91 Å². The molecule has 1 aliphatic heterocycles. The van der Waals surface area contributed by atoms with Crippen LogP contribution in [-0.4, -0.2) is 49.1 Å². The van der Waals surface area contributed by atoms with Crippen molar-refractivity contribution in [1.82, 2.24) is 10.2 Å². The third-order valence-electron chi connectivity index (χ3n) is 3.38. The molecule has 2 amide bonds. The predicted octanol–water partition coefficient (Wildman–Crippen LogP) is 1.75. The molecule has 0 spiro atoms. The van der Waals surface area contributed by atoms with E-state index in [4.69, 9.17) is 4.74 Å². The molecule has 1 atom stereocenters. The fraction of sp³-hybridized carbons (Fsp3) is 0.600. The molecule has 0 radical (unpaired) electrons. The summed E-state index contributed by atoms with van der Waals surface area (Å²) in [5, 5.41) is 4.74. The largest absolute Gasteiger partial charge is 0.378 e. The summed E-state index contributed by atoms with van der Waals surface area (Å²) in [7, 11) is 0. The lowest BCUT2D eigenvalue weighted by atomic mass is 10.0. The van der Waals surface area contributed by atoms with E-state index in [9.17, 15) is 9.59 Å². The lowest BCUT2D eigenvalue weighted by Gasteiger charge is -2.31. The summed E-state index contributed by atoms with van der Waals surface area (Å²) in [6, 6.07) is 3.14. The fourth-order valence-corrected chi connectivity index (χ4v) is 2.96. The van der Waals surface area contributed by atoms with Crippen molar-refractivity contribution >= 4 is 23.2 Å². The highest BCUT2D eigenvalue weighted by Crippen LogP contribution is 2.13. The molecule has 5 nitrogen and oxygen atoms in total. The van der Waals surface area contributed by atoms with Gasteiger partial charge in [-0.2, -0.15) is 0 Å². The minimum Gasteiger partial charge on any atom is -0.378 e. The van der Waals surface area contributed by atoms with Gasteiger partial charge >= 0.3 is 0 Å². The molecule has 21 heavy (non-hydrogen) atoms. The van der Waals surface area contributed by atoms with Crippen molar-refractivity contribution in [3.63, 3.8) is 0 Å². The smallest absolute Gasteiger partial charge is 0.261 e. The molecule has 2 heterocycles. The molecule has 1 N–H and O–H groups in total. The average Bonchev–Trinajstić information content (AvgIpc) is 3.00. The number of rotatable bonds is 5. The van der Waals surface area contributed by atoms with Gasteiger partial charge in [0, 0.05) is 13.1 Å². The van der Waals surface area contributed by atoms with Gasteiger partial charge in [-0.1, -0.05) is 19.9 Å². The maximum absolute atomic E-state index is 12.6. The summed E-state index contributed by atoms with van der Waals surface area (Å²) in [5.74, 6) is 0.165. The van der Waals surface area contributed by atoms with E-state index in [2.05, 4.69) is 19.2 Å². The number of amides is 2. The van der Waals surface area contributed by atoms with Crippen molar-refractivity contribution in [2.24, 2.45) is 5.92 Å². The van der Waals surface area contributed by atoms with Crippen LogP contribution in [0.15, 0.2) is 17.5 Å². The second-order valence-electron chi connectivity index (χ2n) is 5.57. The number of nitrogens with zero attached hydrogens (tertiary/aromatic N) is 1. The Balaban J connectivity index is 2.02. The van der Waals surface area contributed by atoms with Crippen LogP contribution in [0, 0.1) is 5.92 Å². The van der Waals surface area contributed by atoms with Crippen LogP contribution in [-0.2, 0) is 9.53 Å². The van der Waals surface area contributed by atoms with Gasteiger partial charge in [-0.25, -0.2) is 0 Å². The fourth-order valence-electron chi connectivity index (χ4n) is 2.33. The first-order valence-electron chi connectivity index (χ1n) is 7.29. The lowest BCUT2D eigenvalue weighted by Crippen LogP contribution is -2.52. The SMILES string of the molecule is CC(C)C[C@H](NC(=O)c1cccs1)C(=O)N1CCOCC1. The van der Waals surface area contributed by atoms with Crippen molar-refractivity contribution in [2.45, 2.75) is 26.3 Å². The average molecular weight is 310 g/mol. The molecule has 0 aliphatic carbocycles. The molecular weight excluding hydrogens is 288 g/mol. The van der Waals surface area contributed by atoms with Crippen LogP contribution in [0.25, 0.3) is 0 Å². The van der Waals surface area contributed by atoms with Crippen LogP contribution in [0.4, 0.5) is 0 Å². The number of carbonyl (C=O) groups excluding carboxylic acids is 2. The number of carbonyl (C=O) groups is 2. The van der Waals surface area contributed by atoms with Crippen molar-refractivity contribution in [1.29, 1.82) is 0 Å². The van der Waals surface area contributed by atoms with E-state index in [1.54, 1.807) is 11.0 Å². The molecule has 1 aliphatic rings. The number of ether oxygens (including phenoxy) is 1. The summed E-state index contributed by atoms with van der Waals surface area (Å²) in [4.78, 5) is 27.2. The molecule has 1 fully saturated rings. The first kappa shape index (κ1) is 16.0. The Kier molecular flexibility index (Phi) is 5.76. The summed E-state index contributed by atoms with van der Waals surface area (Å²) in [6.07, 6.45) is 0.646. The van der Waals surface area contributed by atoms with Crippen LogP contribution in [0.1, 0.15) is 29.9 Å². The summed E-state index contributed by atoms with van der Waals surface area (Å²) >= 11 is 1.38. The highest BCUT2D eigenvalue weighted by molar-refractivity contribution is 7.12. The molecule has 0 aromatic carbocycles. The molecular formula is C15H22N2O3S. The molecule has 1 aromatic heterocycles. The van der Waals surface area contributed by atoms with Crippen molar-refractivity contribution in [3.8, 4) is 0 Å². The van der Waals surface area contributed by atoms with Crippen LogP contribution in [0.5, 0.6) is 0 Å². The van der Waals surface area contributed by atoms with Gasteiger partial charge in [-0.05, 0) is 23.8 Å². The summed E-state index contributed by atoms with van der Waals surface area (Å²) in [6.45, 7) is 6.44. The number of hydrogen-bond acceptors (Lipinski definition) is 4. The second kappa shape index (κ2) is 7.56. The van der Waals surface area contributed by atoms with Crippen molar-refractivity contribution in [3.05, 3.63) is 22.4 Å². The summed E-state index contributed by atoms with van der Waals surface area (Å²) in [5.41, 5.74) is 0. The van der Waals surface area contributed by atoms with Crippen LogP contribution < -0.4 is 5.32 Å². The zero-order chi connectivity index (χ0) is 15.2. The van der Waals surface area contributed by atoms with Gasteiger partial charge in [-0.3, -0.25) is 9.59 Å². The number of thiophene rings is 1. The van der Waals surface area contributed by atoms with Gasteiger partial charge in [0.05, 0.1) is 18.1 Å². The maximum atomic E-state index is 12.6. The number of nitrogens with one attached hydrogen (secondary N) is 1. The Morgan fingerprint density at radius 1 is 1.38 bits per heavy atom. The topological polar surface area (TPSA) is 58.6 Å². The first-order chi connectivity index (χ1) is 10.1. The third kappa shape index (κ3) is 4.54. The molecule has 6 heteroatoms. The Hall–Kier alpha value is -1.40. The maximum Gasteiger partial charge on any atom is 0.261 e. The van der Waals surface area contributed by atoms with E-state index in [1.165, 1.54) is 11.3 Å². The number of hydrogen-bond donors (Lipinski definition) is 1. The van der Waals surface area contributed by atoms with Gasteiger partial charge in [0.15, 0.2) is 0 Å². The highest BCUT2D eigenvalue weighted by atomic mass is 32.1. The zero-order valence-electron chi connectivity index (χ0n) is 12.5. The van der Waals surface area contributed by atoms with Gasteiger partial charge < -0.3 is 15.0 Å². The molecule has 0 unspecified atom stereocenters.